The van der Waals surface area contributed by atoms with Gasteiger partial charge in [0.2, 0.25) is 0 Å². The molecule has 3 rings (SSSR count). The van der Waals surface area contributed by atoms with E-state index < -0.39 is 11.1 Å². The van der Waals surface area contributed by atoms with Gasteiger partial charge in [-0.2, -0.15) is 0 Å². The van der Waals surface area contributed by atoms with Gasteiger partial charge in [-0.25, -0.2) is 0 Å². The highest BCUT2D eigenvalue weighted by atomic mass is 79.9. The number of hydrogen-bond acceptors (Lipinski definition) is 3. The molecule has 0 bridgehead atoms. The zero-order valence-corrected chi connectivity index (χ0v) is 13.0. The number of H-pyrrole nitrogens is 2. The molecule has 2 N–H and O–H groups in total. The maximum absolute atomic E-state index is 11.4. The van der Waals surface area contributed by atoms with E-state index in [0.29, 0.717) is 11.0 Å². The minimum Gasteiger partial charge on any atom is -0.316 e. The van der Waals surface area contributed by atoms with Crippen LogP contribution in [-0.2, 0) is 0 Å². The number of rotatable bonds is 2. The number of aromatic amines is 2. The van der Waals surface area contributed by atoms with E-state index >= 15 is 0 Å². The number of nitrogens with one attached hydrogen (secondary N) is 2. The standard InChI is InChI=1S/C14H11BrN2O2S/c1-7-2-5-11(20-7)12(15)8-3-4-9-10(6-8)17-14(19)13(18)16-9/h2-6,12H,1H3,(H,16,18)(H,17,19). The average Bonchev–Trinajstić information content (AvgIpc) is 2.85. The van der Waals surface area contributed by atoms with Crippen molar-refractivity contribution in [1.29, 1.82) is 0 Å². The Morgan fingerprint density at radius 3 is 2.40 bits per heavy atom. The molecule has 102 valence electrons. The van der Waals surface area contributed by atoms with E-state index in [-0.39, 0.29) is 4.83 Å². The quantitative estimate of drug-likeness (QED) is 0.551. The molecule has 0 spiro atoms. The number of thiophene rings is 1. The Morgan fingerprint density at radius 2 is 1.75 bits per heavy atom. The second-order valence-corrected chi connectivity index (χ2v) is 6.76. The van der Waals surface area contributed by atoms with E-state index in [9.17, 15) is 9.59 Å². The van der Waals surface area contributed by atoms with Gasteiger partial charge in [-0.1, -0.05) is 22.0 Å². The number of benzene rings is 1. The summed E-state index contributed by atoms with van der Waals surface area (Å²) in [7, 11) is 0. The van der Waals surface area contributed by atoms with Gasteiger partial charge in [-0.15, -0.1) is 11.3 Å². The molecule has 0 aliphatic carbocycles. The largest absolute Gasteiger partial charge is 0.316 e. The topological polar surface area (TPSA) is 65.7 Å². The van der Waals surface area contributed by atoms with E-state index in [2.05, 4.69) is 45.0 Å². The lowest BCUT2D eigenvalue weighted by Crippen LogP contribution is -2.28. The fraction of sp³-hybridized carbons (Fsp3) is 0.143. The monoisotopic (exact) mass is 350 g/mol. The molecular weight excluding hydrogens is 340 g/mol. The van der Waals surface area contributed by atoms with Gasteiger partial charge < -0.3 is 9.97 Å². The predicted octanol–water partition coefficient (Wildman–Crippen LogP) is 3.07. The molecule has 2 aromatic heterocycles. The SMILES string of the molecule is Cc1ccc(C(Br)c2ccc3[nH]c(=O)c(=O)[nH]c3c2)s1. The van der Waals surface area contributed by atoms with Gasteiger partial charge in [-0.05, 0) is 36.8 Å². The van der Waals surface area contributed by atoms with Crippen LogP contribution in [-0.4, -0.2) is 9.97 Å². The molecule has 0 fully saturated rings. The summed E-state index contributed by atoms with van der Waals surface area (Å²) in [5.74, 6) is 0. The molecule has 1 unspecified atom stereocenters. The maximum Gasteiger partial charge on any atom is 0.314 e. The first-order chi connectivity index (χ1) is 9.54. The third-order valence-electron chi connectivity index (χ3n) is 3.05. The maximum atomic E-state index is 11.4. The summed E-state index contributed by atoms with van der Waals surface area (Å²) < 4.78 is 0. The van der Waals surface area contributed by atoms with E-state index in [1.54, 1.807) is 17.4 Å². The Hall–Kier alpha value is -1.66. The summed E-state index contributed by atoms with van der Waals surface area (Å²) in [6.07, 6.45) is 0. The highest BCUT2D eigenvalue weighted by molar-refractivity contribution is 9.09. The molecule has 0 radical (unpaired) electrons. The number of fused-ring (bicyclic) bond motifs is 1. The number of hydrogen-bond donors (Lipinski definition) is 2. The zero-order chi connectivity index (χ0) is 14.3. The summed E-state index contributed by atoms with van der Waals surface area (Å²) in [5, 5.41) is 0. The van der Waals surface area contributed by atoms with Gasteiger partial charge in [0.15, 0.2) is 0 Å². The lowest BCUT2D eigenvalue weighted by atomic mass is 10.1. The minimum atomic E-state index is -0.632. The van der Waals surface area contributed by atoms with E-state index in [4.69, 9.17) is 0 Å². The third kappa shape index (κ3) is 2.36. The number of alkyl halides is 1. The second-order valence-electron chi connectivity index (χ2n) is 4.52. The Morgan fingerprint density at radius 1 is 1.05 bits per heavy atom. The molecule has 6 heteroatoms. The first kappa shape index (κ1) is 13.3. The highest BCUT2D eigenvalue weighted by Crippen LogP contribution is 2.35. The molecule has 1 aromatic carbocycles. The van der Waals surface area contributed by atoms with Gasteiger partial charge in [0.05, 0.1) is 15.9 Å². The molecule has 0 aliphatic heterocycles. The van der Waals surface area contributed by atoms with E-state index in [1.807, 2.05) is 12.1 Å². The number of halogens is 1. The first-order valence-corrected chi connectivity index (χ1v) is 7.74. The van der Waals surface area contributed by atoms with Crippen LogP contribution in [0.1, 0.15) is 20.1 Å². The molecule has 0 aliphatic rings. The lowest BCUT2D eigenvalue weighted by Gasteiger charge is -2.09. The normalized spacial score (nSPS) is 12.7. The fourth-order valence-electron chi connectivity index (χ4n) is 2.04. The summed E-state index contributed by atoms with van der Waals surface area (Å²) in [4.78, 5) is 30.3. The van der Waals surface area contributed by atoms with Crippen molar-refractivity contribution in [2.75, 3.05) is 0 Å². The van der Waals surface area contributed by atoms with Crippen LogP contribution in [0.4, 0.5) is 0 Å². The van der Waals surface area contributed by atoms with Crippen LogP contribution in [0, 0.1) is 6.92 Å². The van der Waals surface area contributed by atoms with Crippen LogP contribution in [0.5, 0.6) is 0 Å². The van der Waals surface area contributed by atoms with Crippen LogP contribution in [0.15, 0.2) is 39.9 Å². The molecule has 4 nitrogen and oxygen atoms in total. The zero-order valence-electron chi connectivity index (χ0n) is 10.6. The van der Waals surface area contributed by atoms with Gasteiger partial charge >= 0.3 is 11.1 Å². The summed E-state index contributed by atoms with van der Waals surface area (Å²) in [6, 6.07) is 9.77. The molecule has 1 atom stereocenters. The average molecular weight is 351 g/mol. The fourth-order valence-corrected chi connectivity index (χ4v) is 3.65. The number of aryl methyl sites for hydroxylation is 1. The van der Waals surface area contributed by atoms with Crippen molar-refractivity contribution in [3.8, 4) is 0 Å². The Kier molecular flexibility index (Phi) is 3.35. The van der Waals surface area contributed by atoms with Crippen LogP contribution >= 0.6 is 27.3 Å². The summed E-state index contributed by atoms with van der Waals surface area (Å²) in [6.45, 7) is 2.07. The second kappa shape index (κ2) is 5.03. The molecule has 0 saturated heterocycles. The molecule has 2 heterocycles. The van der Waals surface area contributed by atoms with Crippen molar-refractivity contribution in [2.45, 2.75) is 11.8 Å². The molecule has 20 heavy (non-hydrogen) atoms. The van der Waals surface area contributed by atoms with Gasteiger partial charge in [0.1, 0.15) is 0 Å². The summed E-state index contributed by atoms with van der Waals surface area (Å²) in [5.41, 5.74) is 1.02. The molecule has 3 aromatic rings. The van der Waals surface area contributed by atoms with Crippen molar-refractivity contribution in [3.63, 3.8) is 0 Å². The molecule has 0 amide bonds. The van der Waals surface area contributed by atoms with Crippen molar-refractivity contribution in [3.05, 3.63) is 66.4 Å². The van der Waals surface area contributed by atoms with Crippen molar-refractivity contribution >= 4 is 38.3 Å². The minimum absolute atomic E-state index is 0.0704. The van der Waals surface area contributed by atoms with Gasteiger partial charge in [0, 0.05) is 9.75 Å². The van der Waals surface area contributed by atoms with Gasteiger partial charge in [0.25, 0.3) is 0 Å². The van der Waals surface area contributed by atoms with Crippen molar-refractivity contribution < 1.29 is 0 Å². The van der Waals surface area contributed by atoms with Crippen molar-refractivity contribution in [1.82, 2.24) is 9.97 Å². The predicted molar refractivity (Wildman–Crippen MR) is 85.0 cm³/mol. The van der Waals surface area contributed by atoms with Crippen LogP contribution in [0.3, 0.4) is 0 Å². The molecular formula is C14H11BrN2O2S. The number of aromatic nitrogens is 2. The Labute approximate surface area is 126 Å². The lowest BCUT2D eigenvalue weighted by molar-refractivity contribution is 1.13. The highest BCUT2D eigenvalue weighted by Gasteiger charge is 2.13. The van der Waals surface area contributed by atoms with Crippen LogP contribution in [0.25, 0.3) is 11.0 Å². The van der Waals surface area contributed by atoms with E-state index in [0.717, 1.165) is 5.56 Å². The Balaban J connectivity index is 2.11. The van der Waals surface area contributed by atoms with Crippen molar-refractivity contribution in [2.24, 2.45) is 0 Å². The van der Waals surface area contributed by atoms with Crippen LogP contribution < -0.4 is 11.1 Å². The molecule has 0 saturated carbocycles. The smallest absolute Gasteiger partial charge is 0.314 e. The third-order valence-corrected chi connectivity index (χ3v) is 5.44. The van der Waals surface area contributed by atoms with E-state index in [1.165, 1.54) is 9.75 Å². The van der Waals surface area contributed by atoms with Crippen LogP contribution in [0.2, 0.25) is 0 Å². The summed E-state index contributed by atoms with van der Waals surface area (Å²) >= 11 is 5.40. The van der Waals surface area contributed by atoms with Gasteiger partial charge in [-0.3, -0.25) is 9.59 Å². The Bertz CT molecular complexity index is 894. The first-order valence-electron chi connectivity index (χ1n) is 6.01.